The van der Waals surface area contributed by atoms with Crippen molar-refractivity contribution in [3.05, 3.63) is 0 Å². The Morgan fingerprint density at radius 2 is 1.18 bits per heavy atom. The van der Waals surface area contributed by atoms with Crippen LogP contribution < -0.4 is 0 Å². The molecule has 102 valence electrons. The maximum Gasteiger partial charge on any atom is 0.313 e. The number of carbonyl (C=O) groups excluding carboxylic acids is 2. The van der Waals surface area contributed by atoms with Gasteiger partial charge in [0.15, 0.2) is 0 Å². The van der Waals surface area contributed by atoms with Crippen LogP contribution >= 0.6 is 24.0 Å². The third-order valence-electron chi connectivity index (χ3n) is 2.45. The van der Waals surface area contributed by atoms with Crippen LogP contribution in [-0.4, -0.2) is 11.9 Å². The Labute approximate surface area is 122 Å². The second-order valence-electron chi connectivity index (χ2n) is 4.11. The highest BCUT2D eigenvalue weighted by Gasteiger charge is 2.09. The number of esters is 2. The lowest BCUT2D eigenvalue weighted by Crippen LogP contribution is -2.11. The molecule has 0 aromatic carbocycles. The number of halogens is 1. The van der Waals surface area contributed by atoms with E-state index in [1.807, 2.05) is 0 Å². The zero-order chi connectivity index (χ0) is 12.2. The lowest BCUT2D eigenvalue weighted by atomic mass is 10.1. The fraction of sp³-hybridized carbons (Fsp3) is 0.846. The minimum Gasteiger partial charge on any atom is -0.393 e. The number of rotatable bonds is 9. The van der Waals surface area contributed by atoms with Gasteiger partial charge in [0, 0.05) is 12.8 Å². The van der Waals surface area contributed by atoms with Gasteiger partial charge in [-0.3, -0.25) is 9.59 Å². The van der Waals surface area contributed by atoms with Crippen LogP contribution in [0.25, 0.3) is 0 Å². The fourth-order valence-electron chi connectivity index (χ4n) is 1.44. The molecule has 0 aliphatic rings. The number of carbonyl (C=O) groups is 2. The lowest BCUT2D eigenvalue weighted by Gasteiger charge is -2.02. The second kappa shape index (κ2) is 13.9. The first-order valence-corrected chi connectivity index (χ1v) is 6.44. The van der Waals surface area contributed by atoms with Gasteiger partial charge < -0.3 is 4.74 Å². The summed E-state index contributed by atoms with van der Waals surface area (Å²) in [4.78, 5) is 22.4. The number of hydrogen-bond acceptors (Lipinski definition) is 3. The van der Waals surface area contributed by atoms with Gasteiger partial charge in [0.2, 0.25) is 0 Å². The highest BCUT2D eigenvalue weighted by Crippen LogP contribution is 2.05. The van der Waals surface area contributed by atoms with Crippen molar-refractivity contribution < 1.29 is 14.3 Å². The van der Waals surface area contributed by atoms with Crippen molar-refractivity contribution >= 4 is 35.9 Å². The van der Waals surface area contributed by atoms with Gasteiger partial charge in [-0.25, -0.2) is 0 Å². The van der Waals surface area contributed by atoms with Crippen molar-refractivity contribution in [3.63, 3.8) is 0 Å². The average Bonchev–Trinajstić information content (AvgIpc) is 2.25. The molecule has 0 fully saturated rings. The van der Waals surface area contributed by atoms with Crippen LogP contribution in [0.3, 0.4) is 0 Å². The summed E-state index contributed by atoms with van der Waals surface area (Å²) in [5, 5.41) is 0. The Morgan fingerprint density at radius 1 is 0.765 bits per heavy atom. The minimum absolute atomic E-state index is 0. The molecule has 0 N–H and O–H groups in total. The van der Waals surface area contributed by atoms with Gasteiger partial charge in [-0.15, -0.1) is 24.0 Å². The highest BCUT2D eigenvalue weighted by molar-refractivity contribution is 14.0. The molecule has 0 saturated heterocycles. The molecule has 4 heteroatoms. The first kappa shape index (κ1) is 19.2. The second-order valence-corrected chi connectivity index (χ2v) is 4.11. The average molecular weight is 356 g/mol. The molecule has 0 amide bonds. The van der Waals surface area contributed by atoms with Crippen molar-refractivity contribution in [2.45, 2.75) is 71.6 Å². The Balaban J connectivity index is 0. The van der Waals surface area contributed by atoms with Gasteiger partial charge in [0.1, 0.15) is 0 Å². The smallest absolute Gasteiger partial charge is 0.313 e. The van der Waals surface area contributed by atoms with Gasteiger partial charge >= 0.3 is 11.9 Å². The van der Waals surface area contributed by atoms with Crippen molar-refractivity contribution in [1.82, 2.24) is 0 Å². The summed E-state index contributed by atoms with van der Waals surface area (Å²) in [6.07, 6.45) is 7.79. The molecule has 0 heterocycles. The number of unbranched alkanes of at least 4 members (excludes halogenated alkanes) is 5. The quantitative estimate of drug-likeness (QED) is 0.269. The van der Waals surface area contributed by atoms with Crippen molar-refractivity contribution in [1.29, 1.82) is 0 Å². The molecule has 0 radical (unpaired) electrons. The molecule has 3 nitrogen and oxygen atoms in total. The molecule has 0 atom stereocenters. The first-order chi connectivity index (χ1) is 7.70. The predicted molar refractivity (Wildman–Crippen MR) is 79.4 cm³/mol. The highest BCUT2D eigenvalue weighted by atomic mass is 127. The monoisotopic (exact) mass is 356 g/mol. The van der Waals surface area contributed by atoms with E-state index in [0.29, 0.717) is 12.8 Å². The van der Waals surface area contributed by atoms with E-state index in [2.05, 4.69) is 13.8 Å². The minimum atomic E-state index is -0.367. The number of ether oxygens (including phenoxy) is 1. The third-order valence-corrected chi connectivity index (χ3v) is 2.45. The Morgan fingerprint density at radius 3 is 1.65 bits per heavy atom. The standard InChI is InChI=1S/C13H24O3.HI/c1-3-5-7-9-11-13(15)16-12(14)10-8-6-4-2;/h3-11H2,1-2H3;1H. The summed E-state index contributed by atoms with van der Waals surface area (Å²) < 4.78 is 4.70. The predicted octanol–water partition coefficient (Wildman–Crippen LogP) is 4.22. The van der Waals surface area contributed by atoms with Crippen LogP contribution in [-0.2, 0) is 14.3 Å². The van der Waals surface area contributed by atoms with E-state index < -0.39 is 0 Å². The van der Waals surface area contributed by atoms with E-state index in [-0.39, 0.29) is 35.9 Å². The lowest BCUT2D eigenvalue weighted by molar-refractivity contribution is -0.159. The van der Waals surface area contributed by atoms with Gasteiger partial charge in [-0.05, 0) is 12.8 Å². The van der Waals surface area contributed by atoms with E-state index in [0.717, 1.165) is 44.9 Å². The summed E-state index contributed by atoms with van der Waals surface area (Å²) in [6.45, 7) is 4.19. The summed E-state index contributed by atoms with van der Waals surface area (Å²) in [6, 6.07) is 0. The van der Waals surface area contributed by atoms with Crippen LogP contribution in [0.15, 0.2) is 0 Å². The van der Waals surface area contributed by atoms with Crippen LogP contribution in [0.5, 0.6) is 0 Å². The van der Waals surface area contributed by atoms with Crippen molar-refractivity contribution in [2.24, 2.45) is 0 Å². The molecule has 0 spiro atoms. The maximum atomic E-state index is 11.2. The molecule has 0 bridgehead atoms. The zero-order valence-electron chi connectivity index (χ0n) is 11.0. The van der Waals surface area contributed by atoms with Gasteiger partial charge in [-0.1, -0.05) is 46.0 Å². The van der Waals surface area contributed by atoms with Crippen LogP contribution in [0, 0.1) is 0 Å². The summed E-state index contributed by atoms with van der Waals surface area (Å²) in [7, 11) is 0. The maximum absolute atomic E-state index is 11.2. The van der Waals surface area contributed by atoms with Crippen LogP contribution in [0.4, 0.5) is 0 Å². The third kappa shape index (κ3) is 13.8. The van der Waals surface area contributed by atoms with Crippen molar-refractivity contribution in [2.75, 3.05) is 0 Å². The Hall–Kier alpha value is -0.130. The van der Waals surface area contributed by atoms with Gasteiger partial charge in [-0.2, -0.15) is 0 Å². The largest absolute Gasteiger partial charge is 0.393 e. The summed E-state index contributed by atoms with van der Waals surface area (Å²) in [5.41, 5.74) is 0. The van der Waals surface area contributed by atoms with Gasteiger partial charge in [0.25, 0.3) is 0 Å². The van der Waals surface area contributed by atoms with E-state index in [1.165, 1.54) is 0 Å². The van der Waals surface area contributed by atoms with Crippen LogP contribution in [0.2, 0.25) is 0 Å². The van der Waals surface area contributed by atoms with E-state index in [1.54, 1.807) is 0 Å². The van der Waals surface area contributed by atoms with E-state index in [9.17, 15) is 9.59 Å². The summed E-state index contributed by atoms with van der Waals surface area (Å²) in [5.74, 6) is -0.730. The normalized spacial score (nSPS) is 9.53. The Bertz CT molecular complexity index is 205. The molecular weight excluding hydrogens is 331 g/mol. The topological polar surface area (TPSA) is 43.4 Å². The SMILES string of the molecule is CCCCCCC(=O)OC(=O)CCCCC.I. The molecular formula is C13H25IO3. The zero-order valence-corrected chi connectivity index (χ0v) is 13.3. The molecule has 0 aliphatic heterocycles. The Kier molecular flexibility index (Phi) is 15.7. The molecule has 0 aromatic rings. The molecule has 0 aromatic heterocycles. The molecule has 17 heavy (non-hydrogen) atoms. The van der Waals surface area contributed by atoms with Crippen molar-refractivity contribution in [3.8, 4) is 0 Å². The number of hydrogen-bond donors (Lipinski definition) is 0. The molecule has 0 unspecified atom stereocenters. The fourth-order valence-corrected chi connectivity index (χ4v) is 1.44. The van der Waals surface area contributed by atoms with E-state index >= 15 is 0 Å². The molecule has 0 saturated carbocycles. The van der Waals surface area contributed by atoms with E-state index in [4.69, 9.17) is 4.74 Å². The summed E-state index contributed by atoms with van der Waals surface area (Å²) >= 11 is 0. The molecule has 0 rings (SSSR count). The first-order valence-electron chi connectivity index (χ1n) is 6.44. The van der Waals surface area contributed by atoms with Gasteiger partial charge in [0.05, 0.1) is 0 Å². The van der Waals surface area contributed by atoms with Crippen LogP contribution in [0.1, 0.15) is 71.6 Å². The molecule has 0 aliphatic carbocycles.